The first kappa shape index (κ1) is 21.1. The molecule has 0 aliphatic carbocycles. The van der Waals surface area contributed by atoms with Crippen molar-refractivity contribution in [1.82, 2.24) is 15.6 Å². The van der Waals surface area contributed by atoms with E-state index in [1.807, 2.05) is 0 Å². The van der Waals surface area contributed by atoms with Crippen LogP contribution in [0.15, 0.2) is 47.4 Å². The molecule has 2 heterocycles. The molecule has 0 saturated carbocycles. The summed E-state index contributed by atoms with van der Waals surface area (Å²) >= 11 is 0. The van der Waals surface area contributed by atoms with E-state index in [1.165, 1.54) is 36.4 Å². The number of hydrazine groups is 1. The summed E-state index contributed by atoms with van der Waals surface area (Å²) < 4.78 is 43.1. The Morgan fingerprint density at radius 2 is 1.61 bits per heavy atom. The highest BCUT2D eigenvalue weighted by Crippen LogP contribution is 2.32. The first-order chi connectivity index (χ1) is 14.9. The van der Waals surface area contributed by atoms with E-state index in [0.29, 0.717) is 18.1 Å². The van der Waals surface area contributed by atoms with Gasteiger partial charge in [0.05, 0.1) is 11.0 Å². The van der Waals surface area contributed by atoms with Crippen molar-refractivity contribution in [2.75, 3.05) is 19.9 Å². The molecule has 0 bridgehead atoms. The van der Waals surface area contributed by atoms with Gasteiger partial charge in [-0.2, -0.15) is 0 Å². The van der Waals surface area contributed by atoms with Crippen LogP contribution < -0.4 is 25.0 Å². The number of fused-ring (bicyclic) bond motifs is 1. The SMILES string of the molecule is O=C(NNC(=O)c1ccc2c(c1)OCO2)c1ccc(S(=O)(=O)NCC2CCCO2)cc1. The maximum atomic E-state index is 12.4. The van der Waals surface area contributed by atoms with E-state index in [2.05, 4.69) is 15.6 Å². The van der Waals surface area contributed by atoms with Crippen LogP contribution in [0.2, 0.25) is 0 Å². The fourth-order valence-electron chi connectivity index (χ4n) is 3.17. The molecule has 1 unspecified atom stereocenters. The Hall–Kier alpha value is -3.15. The van der Waals surface area contributed by atoms with Crippen molar-refractivity contribution in [2.45, 2.75) is 23.8 Å². The fraction of sp³-hybridized carbons (Fsp3) is 0.300. The average molecular weight is 447 g/mol. The van der Waals surface area contributed by atoms with E-state index < -0.39 is 21.8 Å². The zero-order valence-corrected chi connectivity index (χ0v) is 17.2. The number of benzene rings is 2. The van der Waals surface area contributed by atoms with Crippen LogP contribution in [0, 0.1) is 0 Å². The Labute approximate surface area is 178 Å². The monoisotopic (exact) mass is 447 g/mol. The van der Waals surface area contributed by atoms with Crippen molar-refractivity contribution in [3.05, 3.63) is 53.6 Å². The molecule has 2 aromatic carbocycles. The first-order valence-corrected chi connectivity index (χ1v) is 11.1. The number of rotatable bonds is 6. The number of nitrogens with one attached hydrogen (secondary N) is 3. The Balaban J connectivity index is 1.32. The molecule has 11 heteroatoms. The van der Waals surface area contributed by atoms with Crippen LogP contribution in [0.4, 0.5) is 0 Å². The molecule has 2 aliphatic heterocycles. The molecule has 10 nitrogen and oxygen atoms in total. The lowest BCUT2D eigenvalue weighted by molar-refractivity contribution is 0.0846. The quantitative estimate of drug-likeness (QED) is 0.562. The minimum Gasteiger partial charge on any atom is -0.454 e. The van der Waals surface area contributed by atoms with Crippen molar-refractivity contribution >= 4 is 21.8 Å². The number of carbonyl (C=O) groups excluding carboxylic acids is 2. The van der Waals surface area contributed by atoms with Crippen molar-refractivity contribution < 1.29 is 32.2 Å². The van der Waals surface area contributed by atoms with Crippen LogP contribution in [0.3, 0.4) is 0 Å². The van der Waals surface area contributed by atoms with E-state index in [9.17, 15) is 18.0 Å². The minimum atomic E-state index is -3.71. The standard InChI is InChI=1S/C20H21N3O7S/c24-19(22-23-20(25)14-5-8-17-18(10-14)30-12-29-17)13-3-6-16(7-4-13)31(26,27)21-11-15-2-1-9-28-15/h3-8,10,15,21H,1-2,9,11-12H2,(H,22,24)(H,23,25). The fourth-order valence-corrected chi connectivity index (χ4v) is 4.24. The third-order valence-corrected chi connectivity index (χ3v) is 6.32. The van der Waals surface area contributed by atoms with Gasteiger partial charge in [0.2, 0.25) is 16.8 Å². The molecule has 1 fully saturated rings. The molecule has 1 atom stereocenters. The molecule has 3 N–H and O–H groups in total. The summed E-state index contributed by atoms with van der Waals surface area (Å²) in [5.74, 6) is -0.140. The van der Waals surface area contributed by atoms with Gasteiger partial charge in [0.25, 0.3) is 11.8 Å². The normalized spacial score (nSPS) is 17.4. The van der Waals surface area contributed by atoms with E-state index in [1.54, 1.807) is 6.07 Å². The molecule has 2 aliphatic rings. The molecule has 2 amide bonds. The predicted molar refractivity (Wildman–Crippen MR) is 108 cm³/mol. The van der Waals surface area contributed by atoms with Crippen LogP contribution >= 0.6 is 0 Å². The largest absolute Gasteiger partial charge is 0.454 e. The summed E-state index contributed by atoms with van der Waals surface area (Å²) in [6.45, 7) is 0.935. The maximum absolute atomic E-state index is 12.4. The lowest BCUT2D eigenvalue weighted by Crippen LogP contribution is -2.41. The minimum absolute atomic E-state index is 0.0337. The van der Waals surface area contributed by atoms with E-state index >= 15 is 0 Å². The Morgan fingerprint density at radius 3 is 2.32 bits per heavy atom. The predicted octanol–water partition coefficient (Wildman–Crippen LogP) is 0.947. The number of hydrogen-bond donors (Lipinski definition) is 3. The Kier molecular flexibility index (Phi) is 6.07. The van der Waals surface area contributed by atoms with Gasteiger partial charge >= 0.3 is 0 Å². The van der Waals surface area contributed by atoms with Gasteiger partial charge in [-0.05, 0) is 55.3 Å². The molecule has 164 valence electrons. The zero-order valence-electron chi connectivity index (χ0n) is 16.4. The maximum Gasteiger partial charge on any atom is 0.269 e. The van der Waals surface area contributed by atoms with Gasteiger partial charge in [-0.1, -0.05) is 0 Å². The molecule has 4 rings (SSSR count). The van der Waals surface area contributed by atoms with Crippen molar-refractivity contribution in [3.8, 4) is 11.5 Å². The van der Waals surface area contributed by atoms with Gasteiger partial charge < -0.3 is 14.2 Å². The second-order valence-electron chi connectivity index (χ2n) is 6.99. The lowest BCUT2D eigenvalue weighted by atomic mass is 10.2. The highest BCUT2D eigenvalue weighted by molar-refractivity contribution is 7.89. The van der Waals surface area contributed by atoms with Crippen molar-refractivity contribution in [2.24, 2.45) is 0 Å². The number of sulfonamides is 1. The molecule has 31 heavy (non-hydrogen) atoms. The third-order valence-electron chi connectivity index (χ3n) is 4.88. The topological polar surface area (TPSA) is 132 Å². The molecule has 1 saturated heterocycles. The number of hydrogen-bond acceptors (Lipinski definition) is 7. The summed E-state index contributed by atoms with van der Waals surface area (Å²) in [7, 11) is -3.71. The van der Waals surface area contributed by atoms with Crippen LogP contribution in [-0.2, 0) is 14.8 Å². The van der Waals surface area contributed by atoms with Crippen LogP contribution in [0.1, 0.15) is 33.6 Å². The van der Waals surface area contributed by atoms with Gasteiger partial charge in [0.1, 0.15) is 0 Å². The second kappa shape index (κ2) is 8.92. The number of ether oxygens (including phenoxy) is 3. The van der Waals surface area contributed by atoms with E-state index in [0.717, 1.165) is 12.8 Å². The highest BCUT2D eigenvalue weighted by Gasteiger charge is 2.21. The summed E-state index contributed by atoms with van der Waals surface area (Å²) in [6.07, 6.45) is 1.62. The van der Waals surface area contributed by atoms with E-state index in [4.69, 9.17) is 14.2 Å². The molecule has 0 spiro atoms. The van der Waals surface area contributed by atoms with Crippen LogP contribution in [-0.4, -0.2) is 46.3 Å². The average Bonchev–Trinajstić information content (AvgIpc) is 3.47. The molecule has 0 radical (unpaired) electrons. The summed E-state index contributed by atoms with van der Waals surface area (Å²) in [5.41, 5.74) is 5.06. The molecular formula is C20H21N3O7S. The zero-order chi connectivity index (χ0) is 21.8. The molecular weight excluding hydrogens is 426 g/mol. The van der Waals surface area contributed by atoms with Crippen LogP contribution in [0.5, 0.6) is 11.5 Å². The van der Waals surface area contributed by atoms with Crippen molar-refractivity contribution in [1.29, 1.82) is 0 Å². The number of amides is 2. The highest BCUT2D eigenvalue weighted by atomic mass is 32.2. The van der Waals surface area contributed by atoms with Gasteiger partial charge in [0.15, 0.2) is 11.5 Å². The summed E-state index contributed by atoms with van der Waals surface area (Å²) in [5, 5.41) is 0. The first-order valence-electron chi connectivity index (χ1n) is 9.64. The van der Waals surface area contributed by atoms with Gasteiger partial charge in [-0.15, -0.1) is 0 Å². The van der Waals surface area contributed by atoms with E-state index in [-0.39, 0.29) is 35.5 Å². The third kappa shape index (κ3) is 4.95. The Morgan fingerprint density at radius 1 is 0.935 bits per heavy atom. The van der Waals surface area contributed by atoms with Crippen molar-refractivity contribution in [3.63, 3.8) is 0 Å². The van der Waals surface area contributed by atoms with Gasteiger partial charge in [-0.25, -0.2) is 13.1 Å². The summed E-state index contributed by atoms with van der Waals surface area (Å²) in [4.78, 5) is 24.5. The molecule has 2 aromatic rings. The van der Waals surface area contributed by atoms with Crippen LogP contribution in [0.25, 0.3) is 0 Å². The second-order valence-corrected chi connectivity index (χ2v) is 8.75. The van der Waals surface area contributed by atoms with Gasteiger partial charge in [0, 0.05) is 24.3 Å². The number of carbonyl (C=O) groups is 2. The summed E-state index contributed by atoms with van der Waals surface area (Å²) in [6, 6.07) is 10.0. The van der Waals surface area contributed by atoms with Gasteiger partial charge in [-0.3, -0.25) is 20.4 Å². The lowest BCUT2D eigenvalue weighted by Gasteiger charge is -2.12. The molecule has 0 aromatic heterocycles. The smallest absolute Gasteiger partial charge is 0.269 e. The Bertz CT molecular complexity index is 1080.